The molecule has 0 unspecified atom stereocenters. The minimum absolute atomic E-state index is 0.537. The molecule has 2 heteroatoms. The molecule has 0 aliphatic heterocycles. The Bertz CT molecular complexity index is 321. The molecular formula is C13H21NS. The summed E-state index contributed by atoms with van der Waals surface area (Å²) in [4.78, 5) is 3.05. The molecular weight excluding hydrogens is 202 g/mol. The summed E-state index contributed by atoms with van der Waals surface area (Å²) >= 11 is 1.99. The molecule has 1 aliphatic carbocycles. The van der Waals surface area contributed by atoms with Crippen LogP contribution in [0, 0.1) is 6.92 Å². The normalized spacial score (nSPS) is 17.6. The molecule has 15 heavy (non-hydrogen) atoms. The van der Waals surface area contributed by atoms with Crippen molar-refractivity contribution in [2.75, 3.05) is 5.32 Å². The highest BCUT2D eigenvalue weighted by Gasteiger charge is 2.20. The second-order valence-corrected chi connectivity index (χ2v) is 6.19. The molecule has 0 bridgehead atoms. The van der Waals surface area contributed by atoms with Gasteiger partial charge in [-0.3, -0.25) is 0 Å². The quantitative estimate of drug-likeness (QED) is 0.793. The highest BCUT2D eigenvalue weighted by molar-refractivity contribution is 7.12. The lowest BCUT2D eigenvalue weighted by molar-refractivity contribution is 0.738. The predicted octanol–water partition coefficient (Wildman–Crippen LogP) is 4.53. The second kappa shape index (κ2) is 4.56. The van der Waals surface area contributed by atoms with E-state index in [2.05, 4.69) is 32.2 Å². The van der Waals surface area contributed by atoms with E-state index in [0.29, 0.717) is 6.04 Å². The molecule has 1 aromatic rings. The molecule has 1 nitrogen and oxygen atoms in total. The van der Waals surface area contributed by atoms with Gasteiger partial charge < -0.3 is 5.32 Å². The topological polar surface area (TPSA) is 12.0 Å². The van der Waals surface area contributed by atoms with Gasteiger partial charge in [-0.2, -0.15) is 0 Å². The molecule has 1 heterocycles. The predicted molar refractivity (Wildman–Crippen MR) is 69.0 cm³/mol. The number of thiophene rings is 1. The lowest BCUT2D eigenvalue weighted by atomic mass is 10.1. The summed E-state index contributed by atoms with van der Waals surface area (Å²) < 4.78 is 0. The first-order chi connectivity index (χ1) is 7.16. The van der Waals surface area contributed by atoms with Crippen molar-refractivity contribution in [3.8, 4) is 0 Å². The van der Waals surface area contributed by atoms with Gasteiger partial charge in [-0.1, -0.05) is 12.8 Å². The van der Waals surface area contributed by atoms with Crippen LogP contribution in [0.15, 0.2) is 6.07 Å². The van der Waals surface area contributed by atoms with Crippen LogP contribution in [-0.2, 0) is 0 Å². The van der Waals surface area contributed by atoms with Gasteiger partial charge in [0.25, 0.3) is 0 Å². The molecule has 1 aromatic heterocycles. The van der Waals surface area contributed by atoms with Crippen molar-refractivity contribution in [2.24, 2.45) is 0 Å². The van der Waals surface area contributed by atoms with Gasteiger partial charge in [0.15, 0.2) is 0 Å². The van der Waals surface area contributed by atoms with Crippen molar-refractivity contribution in [1.29, 1.82) is 0 Å². The highest BCUT2D eigenvalue weighted by Crippen LogP contribution is 2.40. The fraction of sp³-hybridized carbons (Fsp3) is 0.692. The summed E-state index contributed by atoms with van der Waals surface area (Å²) in [7, 11) is 0. The molecule has 0 aromatic carbocycles. The average Bonchev–Trinajstić information content (AvgIpc) is 2.75. The zero-order chi connectivity index (χ0) is 10.8. The maximum atomic E-state index is 3.53. The molecule has 2 rings (SSSR count). The van der Waals surface area contributed by atoms with Crippen molar-refractivity contribution < 1.29 is 0 Å². The van der Waals surface area contributed by atoms with Crippen molar-refractivity contribution in [3.05, 3.63) is 15.8 Å². The van der Waals surface area contributed by atoms with Gasteiger partial charge in [0.2, 0.25) is 0 Å². The Morgan fingerprint density at radius 3 is 2.60 bits per heavy atom. The molecule has 84 valence electrons. The van der Waals surface area contributed by atoms with E-state index in [1.165, 1.54) is 36.2 Å². The van der Waals surface area contributed by atoms with Gasteiger partial charge >= 0.3 is 0 Å². The van der Waals surface area contributed by atoms with Crippen LogP contribution < -0.4 is 5.32 Å². The summed E-state index contributed by atoms with van der Waals surface area (Å²) in [6.07, 6.45) is 5.66. The van der Waals surface area contributed by atoms with Crippen LogP contribution in [0.1, 0.15) is 55.2 Å². The summed E-state index contributed by atoms with van der Waals surface area (Å²) in [5.41, 5.74) is 1.36. The maximum absolute atomic E-state index is 3.53. The number of hydrogen-bond acceptors (Lipinski definition) is 2. The number of aryl methyl sites for hydroxylation is 1. The van der Waals surface area contributed by atoms with E-state index >= 15 is 0 Å². The number of anilines is 1. The fourth-order valence-electron chi connectivity index (χ4n) is 2.37. The Morgan fingerprint density at radius 2 is 2.00 bits per heavy atom. The monoisotopic (exact) mass is 223 g/mol. The van der Waals surface area contributed by atoms with Crippen LogP contribution in [0.5, 0.6) is 0 Å². The van der Waals surface area contributed by atoms with Gasteiger partial charge in [0, 0.05) is 21.5 Å². The van der Waals surface area contributed by atoms with Crippen LogP contribution in [0.25, 0.3) is 0 Å². The first-order valence-corrected chi connectivity index (χ1v) is 6.85. The Kier molecular flexibility index (Phi) is 3.35. The number of hydrogen-bond donors (Lipinski definition) is 1. The molecule has 0 spiro atoms. The second-order valence-electron chi connectivity index (χ2n) is 4.90. The van der Waals surface area contributed by atoms with E-state index in [1.807, 2.05) is 11.3 Å². The van der Waals surface area contributed by atoms with Crippen LogP contribution in [0.2, 0.25) is 0 Å². The zero-order valence-corrected chi connectivity index (χ0v) is 10.8. The Labute approximate surface area is 96.9 Å². The first kappa shape index (κ1) is 11.0. The van der Waals surface area contributed by atoms with Crippen molar-refractivity contribution in [3.63, 3.8) is 0 Å². The third-order valence-corrected chi connectivity index (χ3v) is 4.35. The van der Waals surface area contributed by atoms with Crippen LogP contribution in [-0.4, -0.2) is 6.04 Å². The fourth-order valence-corrected chi connectivity index (χ4v) is 3.53. The molecule has 1 N–H and O–H groups in total. The zero-order valence-electron chi connectivity index (χ0n) is 9.97. The Hall–Kier alpha value is -0.500. The summed E-state index contributed by atoms with van der Waals surface area (Å²) in [6.45, 7) is 6.63. The van der Waals surface area contributed by atoms with E-state index in [0.717, 1.165) is 5.92 Å². The summed E-state index contributed by atoms with van der Waals surface area (Å²) in [5, 5.41) is 3.53. The van der Waals surface area contributed by atoms with Gasteiger partial charge in [0.05, 0.1) is 0 Å². The largest absolute Gasteiger partial charge is 0.382 e. The molecule has 0 radical (unpaired) electrons. The van der Waals surface area contributed by atoms with E-state index in [4.69, 9.17) is 0 Å². The number of rotatable bonds is 3. The molecule has 0 amide bonds. The Morgan fingerprint density at radius 1 is 1.33 bits per heavy atom. The molecule has 0 saturated heterocycles. The van der Waals surface area contributed by atoms with Gasteiger partial charge in [-0.15, -0.1) is 11.3 Å². The van der Waals surface area contributed by atoms with E-state index in [-0.39, 0.29) is 0 Å². The molecule has 1 saturated carbocycles. The third kappa shape index (κ3) is 2.54. The minimum atomic E-state index is 0.537. The molecule has 0 atom stereocenters. The smallest absolute Gasteiger partial charge is 0.0483 e. The van der Waals surface area contributed by atoms with Gasteiger partial charge in [-0.25, -0.2) is 0 Å². The van der Waals surface area contributed by atoms with E-state index in [1.54, 1.807) is 4.88 Å². The molecule has 1 aliphatic rings. The van der Waals surface area contributed by atoms with Crippen molar-refractivity contribution >= 4 is 17.0 Å². The van der Waals surface area contributed by atoms with E-state index in [9.17, 15) is 0 Å². The SMILES string of the molecule is Cc1sc(C2CCCC2)cc1NC(C)C. The average molecular weight is 223 g/mol. The minimum Gasteiger partial charge on any atom is -0.382 e. The highest BCUT2D eigenvalue weighted by atomic mass is 32.1. The molecule has 1 fully saturated rings. The van der Waals surface area contributed by atoms with Crippen LogP contribution in [0.4, 0.5) is 5.69 Å². The van der Waals surface area contributed by atoms with Crippen molar-refractivity contribution in [1.82, 2.24) is 0 Å². The van der Waals surface area contributed by atoms with Crippen molar-refractivity contribution in [2.45, 2.75) is 58.4 Å². The van der Waals surface area contributed by atoms with Gasteiger partial charge in [0.1, 0.15) is 0 Å². The third-order valence-electron chi connectivity index (χ3n) is 3.14. The van der Waals surface area contributed by atoms with Crippen LogP contribution in [0.3, 0.4) is 0 Å². The summed E-state index contributed by atoms with van der Waals surface area (Å²) in [5.74, 6) is 0.858. The van der Waals surface area contributed by atoms with Gasteiger partial charge in [-0.05, 0) is 45.6 Å². The Balaban J connectivity index is 2.12. The lowest BCUT2D eigenvalue weighted by Crippen LogP contribution is -2.09. The van der Waals surface area contributed by atoms with E-state index < -0.39 is 0 Å². The standard InChI is InChI=1S/C13H21NS/c1-9(2)14-12-8-13(15-10(12)3)11-6-4-5-7-11/h8-9,11,14H,4-7H2,1-3H3. The summed E-state index contributed by atoms with van der Waals surface area (Å²) in [6, 6.07) is 2.92. The lowest BCUT2D eigenvalue weighted by Gasteiger charge is -2.08. The first-order valence-electron chi connectivity index (χ1n) is 6.03. The maximum Gasteiger partial charge on any atom is 0.0483 e. The number of nitrogens with one attached hydrogen (secondary N) is 1. The van der Waals surface area contributed by atoms with Crippen LogP contribution >= 0.6 is 11.3 Å².